The van der Waals surface area contributed by atoms with E-state index in [1.54, 1.807) is 0 Å². The van der Waals surface area contributed by atoms with Gasteiger partial charge in [-0.3, -0.25) is 4.79 Å². The van der Waals surface area contributed by atoms with Crippen LogP contribution >= 0.6 is 0 Å². The van der Waals surface area contributed by atoms with Gasteiger partial charge >= 0.3 is 0 Å². The second kappa shape index (κ2) is 5.47. The number of carbonyl (C=O) groups is 1. The number of hydrogen-bond donors (Lipinski definition) is 1. The first-order valence-electron chi connectivity index (χ1n) is 6.89. The van der Waals surface area contributed by atoms with E-state index >= 15 is 0 Å². The number of nitrogens with one attached hydrogen (secondary N) is 1. The predicted molar refractivity (Wildman–Crippen MR) is 78.7 cm³/mol. The maximum Gasteiger partial charge on any atom is 0.192 e. The van der Waals surface area contributed by atoms with E-state index in [4.69, 9.17) is 4.74 Å². The minimum absolute atomic E-state index is 0.0780. The number of anilines is 1. The van der Waals surface area contributed by atoms with E-state index in [-0.39, 0.29) is 18.1 Å². The number of benzene rings is 2. The van der Waals surface area contributed by atoms with Gasteiger partial charge in [0.2, 0.25) is 0 Å². The molecule has 3 rings (SSSR count). The summed E-state index contributed by atoms with van der Waals surface area (Å²) < 4.78 is 5.92. The molecule has 2 aromatic rings. The highest BCUT2D eigenvalue weighted by atomic mass is 16.5. The fourth-order valence-electron chi connectivity index (χ4n) is 2.50. The molecule has 0 aromatic heterocycles. The van der Waals surface area contributed by atoms with Crippen LogP contribution in [-0.2, 0) is 4.74 Å². The summed E-state index contributed by atoms with van der Waals surface area (Å²) in [7, 11) is 0. The van der Waals surface area contributed by atoms with Gasteiger partial charge in [0, 0.05) is 16.8 Å². The van der Waals surface area contributed by atoms with Gasteiger partial charge in [-0.25, -0.2) is 0 Å². The summed E-state index contributed by atoms with van der Waals surface area (Å²) in [5.41, 5.74) is 2.65. The number of Topliss-reactive ketones (excluding diaryl/α,β-unsaturated/α-hetero) is 1. The van der Waals surface area contributed by atoms with Gasteiger partial charge in [0.25, 0.3) is 0 Å². The lowest BCUT2D eigenvalue weighted by molar-refractivity contribution is -0.00199. The second-order valence-corrected chi connectivity index (χ2v) is 4.87. The van der Waals surface area contributed by atoms with Gasteiger partial charge in [0.15, 0.2) is 12.0 Å². The average molecular weight is 267 g/mol. The summed E-state index contributed by atoms with van der Waals surface area (Å²) in [6.07, 6.45) is 0.0301. The lowest BCUT2D eigenvalue weighted by atomic mass is 9.94. The number of para-hydroxylation sites is 1. The maximum absolute atomic E-state index is 12.3. The molecular formula is C17H17NO2. The van der Waals surface area contributed by atoms with Crippen LogP contribution in [0, 0.1) is 0 Å². The van der Waals surface area contributed by atoms with Crippen molar-refractivity contribution in [2.75, 3.05) is 5.32 Å². The van der Waals surface area contributed by atoms with Gasteiger partial charge in [-0.15, -0.1) is 0 Å². The largest absolute Gasteiger partial charge is 0.356 e. The van der Waals surface area contributed by atoms with E-state index < -0.39 is 0 Å². The molecule has 1 N–H and O–H groups in total. The Balaban J connectivity index is 1.95. The Hall–Kier alpha value is -2.13. The molecule has 0 radical (unpaired) electrons. The monoisotopic (exact) mass is 267 g/mol. The van der Waals surface area contributed by atoms with Crippen molar-refractivity contribution in [3.05, 3.63) is 65.7 Å². The molecule has 0 aliphatic carbocycles. The first-order chi connectivity index (χ1) is 9.79. The second-order valence-electron chi connectivity index (χ2n) is 4.87. The van der Waals surface area contributed by atoms with Crippen LogP contribution in [0.1, 0.15) is 35.5 Å². The highest BCUT2D eigenvalue weighted by Crippen LogP contribution is 2.32. The van der Waals surface area contributed by atoms with Crippen molar-refractivity contribution in [2.24, 2.45) is 0 Å². The van der Waals surface area contributed by atoms with Crippen molar-refractivity contribution in [3.8, 4) is 0 Å². The molecule has 0 spiro atoms. The molecule has 2 atom stereocenters. The van der Waals surface area contributed by atoms with Crippen LogP contribution in [-0.4, -0.2) is 11.9 Å². The SMILES string of the molecule is CCC1OC(Nc2ccccc2)c2ccccc2C1=O. The van der Waals surface area contributed by atoms with Crippen LogP contribution in [0.2, 0.25) is 0 Å². The minimum Gasteiger partial charge on any atom is -0.356 e. The number of carbonyl (C=O) groups excluding carboxylic acids is 1. The molecule has 20 heavy (non-hydrogen) atoms. The van der Waals surface area contributed by atoms with Crippen molar-refractivity contribution < 1.29 is 9.53 Å². The van der Waals surface area contributed by atoms with Gasteiger partial charge in [0.05, 0.1) is 0 Å². The van der Waals surface area contributed by atoms with Gasteiger partial charge in [-0.05, 0) is 18.6 Å². The molecule has 3 nitrogen and oxygen atoms in total. The van der Waals surface area contributed by atoms with Crippen LogP contribution in [0.15, 0.2) is 54.6 Å². The van der Waals surface area contributed by atoms with E-state index in [2.05, 4.69) is 5.32 Å². The molecule has 0 saturated carbocycles. The smallest absolute Gasteiger partial charge is 0.192 e. The molecule has 1 aliphatic heterocycles. The standard InChI is InChI=1S/C17H17NO2/c1-2-15-16(19)13-10-6-7-11-14(13)17(20-15)18-12-8-4-3-5-9-12/h3-11,15,17-18H,2H2,1H3. The summed E-state index contributed by atoms with van der Waals surface area (Å²) in [6.45, 7) is 1.97. The Bertz CT molecular complexity index is 609. The molecule has 1 aliphatic rings. The molecule has 102 valence electrons. The molecule has 0 saturated heterocycles. The molecule has 3 heteroatoms. The zero-order valence-electron chi connectivity index (χ0n) is 11.4. The average Bonchev–Trinajstić information content (AvgIpc) is 2.51. The topological polar surface area (TPSA) is 38.3 Å². The molecule has 0 bridgehead atoms. The Kier molecular flexibility index (Phi) is 3.52. The number of ketones is 1. The minimum atomic E-state index is -0.369. The summed E-state index contributed by atoms with van der Waals surface area (Å²) in [6, 6.07) is 17.5. The van der Waals surface area contributed by atoms with E-state index in [1.807, 2.05) is 61.5 Å². The quantitative estimate of drug-likeness (QED) is 0.919. The summed E-state index contributed by atoms with van der Waals surface area (Å²) in [5.74, 6) is 0.0780. The van der Waals surface area contributed by atoms with Gasteiger partial charge < -0.3 is 10.1 Å². The Labute approximate surface area is 118 Å². The maximum atomic E-state index is 12.3. The van der Waals surface area contributed by atoms with Crippen molar-refractivity contribution >= 4 is 11.5 Å². The first-order valence-corrected chi connectivity index (χ1v) is 6.89. The van der Waals surface area contributed by atoms with Gasteiger partial charge in [0.1, 0.15) is 6.10 Å². The molecule has 0 fully saturated rings. The van der Waals surface area contributed by atoms with Crippen LogP contribution < -0.4 is 5.32 Å². The Morgan fingerprint density at radius 3 is 2.50 bits per heavy atom. The number of ether oxygens (including phenoxy) is 1. The third-order valence-corrected chi connectivity index (χ3v) is 3.54. The number of hydrogen-bond acceptors (Lipinski definition) is 3. The van der Waals surface area contributed by atoms with E-state index in [9.17, 15) is 4.79 Å². The summed E-state index contributed by atoms with van der Waals surface area (Å²) >= 11 is 0. The third kappa shape index (κ3) is 2.32. The van der Waals surface area contributed by atoms with Crippen LogP contribution in [0.5, 0.6) is 0 Å². The fourth-order valence-corrected chi connectivity index (χ4v) is 2.50. The van der Waals surface area contributed by atoms with Gasteiger partial charge in [-0.1, -0.05) is 49.4 Å². The highest BCUT2D eigenvalue weighted by Gasteiger charge is 2.32. The van der Waals surface area contributed by atoms with Crippen LogP contribution in [0.4, 0.5) is 5.69 Å². The lowest BCUT2D eigenvalue weighted by Crippen LogP contribution is -2.35. The lowest BCUT2D eigenvalue weighted by Gasteiger charge is -2.31. The van der Waals surface area contributed by atoms with Crippen molar-refractivity contribution in [3.63, 3.8) is 0 Å². The Morgan fingerprint density at radius 1 is 1.05 bits per heavy atom. The van der Waals surface area contributed by atoms with Crippen molar-refractivity contribution in [2.45, 2.75) is 25.7 Å². The van der Waals surface area contributed by atoms with Gasteiger partial charge in [-0.2, -0.15) is 0 Å². The zero-order chi connectivity index (χ0) is 13.9. The van der Waals surface area contributed by atoms with Crippen molar-refractivity contribution in [1.82, 2.24) is 0 Å². The van der Waals surface area contributed by atoms with Crippen LogP contribution in [0.3, 0.4) is 0 Å². The van der Waals surface area contributed by atoms with E-state index in [0.29, 0.717) is 6.42 Å². The number of fused-ring (bicyclic) bond motifs is 1. The van der Waals surface area contributed by atoms with E-state index in [1.165, 1.54) is 0 Å². The zero-order valence-corrected chi connectivity index (χ0v) is 11.4. The molecule has 1 heterocycles. The summed E-state index contributed by atoms with van der Waals surface area (Å²) in [5, 5.41) is 3.35. The van der Waals surface area contributed by atoms with Crippen LogP contribution in [0.25, 0.3) is 0 Å². The third-order valence-electron chi connectivity index (χ3n) is 3.54. The first kappa shape index (κ1) is 12.9. The number of rotatable bonds is 3. The summed E-state index contributed by atoms with van der Waals surface area (Å²) in [4.78, 5) is 12.3. The molecule has 2 unspecified atom stereocenters. The predicted octanol–water partition coefficient (Wildman–Crippen LogP) is 3.79. The molecule has 0 amide bonds. The Morgan fingerprint density at radius 2 is 1.75 bits per heavy atom. The molecule has 2 aromatic carbocycles. The normalized spacial score (nSPS) is 21.4. The van der Waals surface area contributed by atoms with Crippen molar-refractivity contribution in [1.29, 1.82) is 0 Å². The highest BCUT2D eigenvalue weighted by molar-refractivity contribution is 6.01. The fraction of sp³-hybridized carbons (Fsp3) is 0.235. The van der Waals surface area contributed by atoms with E-state index in [0.717, 1.165) is 16.8 Å². The molecular weight excluding hydrogens is 250 g/mol.